The molecule has 2 aliphatic rings. The summed E-state index contributed by atoms with van der Waals surface area (Å²) in [7, 11) is 0. The van der Waals surface area contributed by atoms with Crippen LogP contribution < -0.4 is 0 Å². The molecule has 0 bridgehead atoms. The Balaban J connectivity index is 2.00. The van der Waals surface area contributed by atoms with E-state index in [0.717, 1.165) is 34.5 Å². The summed E-state index contributed by atoms with van der Waals surface area (Å²) >= 11 is 0. The Kier molecular flexibility index (Phi) is 1.92. The standard InChI is InChI=1S/C17H13NO/c1-11-17(14-8-4-5-9-15(14)18-11)10-12-6-2-3-7-13(12)16(17)19/h2-9H,10H2,1H3. The zero-order chi connectivity index (χ0) is 13.0. The highest BCUT2D eigenvalue weighted by Crippen LogP contribution is 2.48. The molecular formula is C17H13NO. The van der Waals surface area contributed by atoms with Gasteiger partial charge < -0.3 is 0 Å². The number of benzene rings is 2. The van der Waals surface area contributed by atoms with Crippen LogP contribution in [0.4, 0.5) is 5.69 Å². The zero-order valence-electron chi connectivity index (χ0n) is 10.7. The van der Waals surface area contributed by atoms with Crippen LogP contribution in [-0.2, 0) is 11.8 Å². The van der Waals surface area contributed by atoms with Crippen LogP contribution in [-0.4, -0.2) is 11.5 Å². The molecule has 0 N–H and O–H groups in total. The number of carbonyl (C=O) groups is 1. The lowest BCUT2D eigenvalue weighted by molar-refractivity contribution is 0.0946. The van der Waals surface area contributed by atoms with E-state index in [1.54, 1.807) is 0 Å². The number of carbonyl (C=O) groups excluding carboxylic acids is 1. The summed E-state index contributed by atoms with van der Waals surface area (Å²) in [4.78, 5) is 17.5. The number of hydrogen-bond donors (Lipinski definition) is 0. The number of hydrogen-bond acceptors (Lipinski definition) is 2. The summed E-state index contributed by atoms with van der Waals surface area (Å²) in [5.74, 6) is 0.203. The van der Waals surface area contributed by atoms with Gasteiger partial charge in [-0.25, -0.2) is 0 Å². The van der Waals surface area contributed by atoms with Gasteiger partial charge in [0.05, 0.1) is 5.69 Å². The third kappa shape index (κ3) is 1.16. The Morgan fingerprint density at radius 3 is 2.63 bits per heavy atom. The highest BCUT2D eigenvalue weighted by Gasteiger charge is 2.52. The first-order valence-electron chi connectivity index (χ1n) is 6.51. The molecule has 0 aromatic heterocycles. The number of fused-ring (bicyclic) bond motifs is 3. The molecule has 2 heteroatoms. The predicted molar refractivity (Wildman–Crippen MR) is 75.4 cm³/mol. The van der Waals surface area contributed by atoms with Gasteiger partial charge in [0.2, 0.25) is 0 Å². The Bertz CT molecular complexity index is 744. The third-order valence-electron chi connectivity index (χ3n) is 4.37. The van der Waals surface area contributed by atoms with Crippen molar-refractivity contribution < 1.29 is 4.79 Å². The first kappa shape index (κ1) is 10.7. The zero-order valence-corrected chi connectivity index (χ0v) is 10.7. The van der Waals surface area contributed by atoms with E-state index in [0.29, 0.717) is 0 Å². The molecule has 1 aliphatic carbocycles. The predicted octanol–water partition coefficient (Wildman–Crippen LogP) is 3.47. The largest absolute Gasteiger partial charge is 0.293 e. The fourth-order valence-corrected chi connectivity index (χ4v) is 3.40. The molecule has 4 rings (SSSR count). The van der Waals surface area contributed by atoms with E-state index >= 15 is 0 Å². The second-order valence-corrected chi connectivity index (χ2v) is 5.28. The van der Waals surface area contributed by atoms with Crippen molar-refractivity contribution in [3.8, 4) is 0 Å². The molecule has 2 aromatic rings. The summed E-state index contributed by atoms with van der Waals surface area (Å²) < 4.78 is 0. The van der Waals surface area contributed by atoms with Crippen LogP contribution in [0.3, 0.4) is 0 Å². The van der Waals surface area contributed by atoms with E-state index in [-0.39, 0.29) is 5.78 Å². The summed E-state index contributed by atoms with van der Waals surface area (Å²) in [6.07, 6.45) is 0.744. The van der Waals surface area contributed by atoms with Gasteiger partial charge in [-0.05, 0) is 30.5 Å². The van der Waals surface area contributed by atoms with Gasteiger partial charge in [0.25, 0.3) is 0 Å². The molecule has 1 unspecified atom stereocenters. The molecule has 92 valence electrons. The maximum Gasteiger partial charge on any atom is 0.179 e. The number of Topliss-reactive ketones (excluding diaryl/α,β-unsaturated/α-hetero) is 1. The van der Waals surface area contributed by atoms with Crippen LogP contribution in [0.15, 0.2) is 53.5 Å². The van der Waals surface area contributed by atoms with Crippen molar-refractivity contribution in [2.75, 3.05) is 0 Å². The van der Waals surface area contributed by atoms with Crippen LogP contribution in [0.2, 0.25) is 0 Å². The highest BCUT2D eigenvalue weighted by molar-refractivity contribution is 6.26. The topological polar surface area (TPSA) is 29.4 Å². The maximum absolute atomic E-state index is 12.9. The van der Waals surface area contributed by atoms with Crippen LogP contribution >= 0.6 is 0 Å². The van der Waals surface area contributed by atoms with Gasteiger partial charge in [-0.15, -0.1) is 0 Å². The van der Waals surface area contributed by atoms with Gasteiger partial charge in [-0.1, -0.05) is 42.5 Å². The number of ketones is 1. The second kappa shape index (κ2) is 3.41. The smallest absolute Gasteiger partial charge is 0.179 e. The molecular weight excluding hydrogens is 234 g/mol. The van der Waals surface area contributed by atoms with Gasteiger partial charge in [0.1, 0.15) is 5.41 Å². The fraction of sp³-hybridized carbons (Fsp3) is 0.176. The molecule has 0 amide bonds. The van der Waals surface area contributed by atoms with Gasteiger partial charge in [0, 0.05) is 11.3 Å². The van der Waals surface area contributed by atoms with Crippen LogP contribution in [0.25, 0.3) is 0 Å². The van der Waals surface area contributed by atoms with Crippen molar-refractivity contribution in [2.45, 2.75) is 18.8 Å². The first-order valence-corrected chi connectivity index (χ1v) is 6.51. The Morgan fingerprint density at radius 1 is 1.05 bits per heavy atom. The Hall–Kier alpha value is -2.22. The van der Waals surface area contributed by atoms with E-state index < -0.39 is 5.41 Å². The molecule has 1 atom stereocenters. The van der Waals surface area contributed by atoms with Crippen LogP contribution in [0.5, 0.6) is 0 Å². The third-order valence-corrected chi connectivity index (χ3v) is 4.37. The minimum Gasteiger partial charge on any atom is -0.293 e. The minimum absolute atomic E-state index is 0.203. The molecule has 2 aromatic carbocycles. The summed E-state index contributed by atoms with van der Waals surface area (Å²) in [6, 6.07) is 15.9. The highest BCUT2D eigenvalue weighted by atomic mass is 16.1. The molecule has 1 spiro atoms. The molecule has 0 fully saturated rings. The van der Waals surface area contributed by atoms with E-state index in [4.69, 9.17) is 0 Å². The molecule has 0 saturated carbocycles. The summed E-state index contributed by atoms with van der Waals surface area (Å²) in [5.41, 5.74) is 4.39. The molecule has 0 saturated heterocycles. The maximum atomic E-state index is 12.9. The average Bonchev–Trinajstić information content (AvgIpc) is 2.89. The fourth-order valence-electron chi connectivity index (χ4n) is 3.40. The monoisotopic (exact) mass is 247 g/mol. The summed E-state index contributed by atoms with van der Waals surface area (Å²) in [5, 5.41) is 0. The van der Waals surface area contributed by atoms with Crippen molar-refractivity contribution in [1.82, 2.24) is 0 Å². The van der Waals surface area contributed by atoms with Crippen molar-refractivity contribution in [3.05, 3.63) is 65.2 Å². The van der Waals surface area contributed by atoms with Crippen LogP contribution in [0.1, 0.15) is 28.4 Å². The normalized spacial score (nSPS) is 23.4. The number of aliphatic imine (C=N–C) groups is 1. The molecule has 1 aliphatic heterocycles. The van der Waals surface area contributed by atoms with E-state index in [1.807, 2.05) is 49.4 Å². The van der Waals surface area contributed by atoms with E-state index in [1.165, 1.54) is 0 Å². The lowest BCUT2D eigenvalue weighted by Crippen LogP contribution is -2.37. The quantitative estimate of drug-likeness (QED) is 0.701. The molecule has 0 radical (unpaired) electrons. The van der Waals surface area contributed by atoms with Crippen molar-refractivity contribution in [1.29, 1.82) is 0 Å². The van der Waals surface area contributed by atoms with Gasteiger partial charge in [-0.2, -0.15) is 0 Å². The first-order chi connectivity index (χ1) is 9.23. The lowest BCUT2D eigenvalue weighted by Gasteiger charge is -2.23. The molecule has 2 nitrogen and oxygen atoms in total. The lowest BCUT2D eigenvalue weighted by atomic mass is 9.75. The van der Waals surface area contributed by atoms with Crippen molar-refractivity contribution >= 4 is 17.2 Å². The Labute approximate surface area is 111 Å². The minimum atomic E-state index is -0.541. The molecule has 19 heavy (non-hydrogen) atoms. The number of para-hydroxylation sites is 1. The SMILES string of the molecule is CC1=Nc2ccccc2C12Cc1ccccc1C2=O. The number of rotatable bonds is 0. The van der Waals surface area contributed by atoms with E-state index in [9.17, 15) is 4.79 Å². The Morgan fingerprint density at radius 2 is 1.79 bits per heavy atom. The molecule has 1 heterocycles. The second-order valence-electron chi connectivity index (χ2n) is 5.28. The van der Waals surface area contributed by atoms with Crippen molar-refractivity contribution in [2.24, 2.45) is 4.99 Å². The van der Waals surface area contributed by atoms with Gasteiger partial charge >= 0.3 is 0 Å². The average molecular weight is 247 g/mol. The van der Waals surface area contributed by atoms with Gasteiger partial charge in [-0.3, -0.25) is 9.79 Å². The van der Waals surface area contributed by atoms with E-state index in [2.05, 4.69) is 11.1 Å². The summed E-state index contributed by atoms with van der Waals surface area (Å²) in [6.45, 7) is 1.98. The van der Waals surface area contributed by atoms with Gasteiger partial charge in [0.15, 0.2) is 5.78 Å². The van der Waals surface area contributed by atoms with Crippen molar-refractivity contribution in [3.63, 3.8) is 0 Å². The van der Waals surface area contributed by atoms with Crippen LogP contribution in [0, 0.1) is 0 Å². The number of nitrogens with zero attached hydrogens (tertiary/aromatic N) is 1.